The Bertz CT molecular complexity index is 1220. The van der Waals surface area contributed by atoms with Gasteiger partial charge in [-0.15, -0.1) is 0 Å². The Labute approximate surface area is 189 Å². The van der Waals surface area contributed by atoms with Crippen LogP contribution in [0.25, 0.3) is 11.4 Å². The summed E-state index contributed by atoms with van der Waals surface area (Å²) in [6, 6.07) is 10.6. The molecule has 0 bridgehead atoms. The van der Waals surface area contributed by atoms with Crippen LogP contribution in [0.3, 0.4) is 0 Å². The minimum Gasteiger partial charge on any atom is -0.354 e. The molecule has 0 saturated heterocycles. The molecule has 0 fully saturated rings. The normalized spacial score (nSPS) is 14.4. The van der Waals surface area contributed by atoms with Crippen molar-refractivity contribution in [3.8, 4) is 11.4 Å². The molecule has 1 aliphatic heterocycles. The highest BCUT2D eigenvalue weighted by molar-refractivity contribution is 5.99. The molecule has 2 aromatic carbocycles. The molecule has 7 nitrogen and oxygen atoms in total. The van der Waals surface area contributed by atoms with Crippen LogP contribution in [0, 0.1) is 11.6 Å². The summed E-state index contributed by atoms with van der Waals surface area (Å²) < 4.78 is 28.7. The zero-order valence-electron chi connectivity index (χ0n) is 18.2. The van der Waals surface area contributed by atoms with Crippen LogP contribution in [0.4, 0.5) is 8.78 Å². The molecule has 2 heterocycles. The molecule has 9 heteroatoms. The molecule has 1 atom stereocenters. The van der Waals surface area contributed by atoms with Crippen LogP contribution in [0.2, 0.25) is 0 Å². The van der Waals surface area contributed by atoms with E-state index in [0.29, 0.717) is 29.1 Å². The Morgan fingerprint density at radius 3 is 2.42 bits per heavy atom. The quantitative estimate of drug-likeness (QED) is 0.534. The maximum absolute atomic E-state index is 14.4. The first-order chi connectivity index (χ1) is 15.7. The van der Waals surface area contributed by atoms with Crippen molar-refractivity contribution in [2.75, 3.05) is 6.54 Å². The number of fused-ring (bicyclic) bond motifs is 1. The van der Waals surface area contributed by atoms with Crippen molar-refractivity contribution >= 4 is 11.8 Å². The summed E-state index contributed by atoms with van der Waals surface area (Å²) in [6.45, 7) is 4.07. The van der Waals surface area contributed by atoms with Gasteiger partial charge in [-0.05, 0) is 37.1 Å². The third kappa shape index (κ3) is 4.19. The molecular formula is C24H23F2N5O2. The summed E-state index contributed by atoms with van der Waals surface area (Å²) >= 11 is 0. The summed E-state index contributed by atoms with van der Waals surface area (Å²) in [7, 11) is 0. The first kappa shape index (κ1) is 22.5. The average molecular weight is 451 g/mol. The van der Waals surface area contributed by atoms with Gasteiger partial charge in [0.2, 0.25) is 5.91 Å². The molecule has 4 N–H and O–H groups in total. The molecule has 3 aromatic rings. The number of benzene rings is 2. The molecule has 1 aromatic heterocycles. The zero-order valence-corrected chi connectivity index (χ0v) is 18.2. The van der Waals surface area contributed by atoms with Crippen LogP contribution < -0.4 is 16.4 Å². The third-order valence-corrected chi connectivity index (χ3v) is 5.62. The summed E-state index contributed by atoms with van der Waals surface area (Å²) in [5.74, 6) is -2.30. The number of carbonyl (C=O) groups is 2. The number of aromatic nitrogens is 2. The predicted octanol–water partition coefficient (Wildman–Crippen LogP) is 2.57. The topological polar surface area (TPSA) is 110 Å². The highest BCUT2D eigenvalue weighted by atomic mass is 19.1. The lowest BCUT2D eigenvalue weighted by molar-refractivity contribution is -0.126. The Morgan fingerprint density at radius 1 is 1.12 bits per heavy atom. The number of nitrogens with zero attached hydrogens (tertiary/aromatic N) is 2. The summed E-state index contributed by atoms with van der Waals surface area (Å²) in [6.07, 6.45) is 0.226. The molecule has 33 heavy (non-hydrogen) atoms. The van der Waals surface area contributed by atoms with Crippen molar-refractivity contribution in [2.24, 2.45) is 5.73 Å². The van der Waals surface area contributed by atoms with E-state index in [4.69, 9.17) is 5.73 Å². The number of nitrogens with one attached hydrogen (secondary N) is 2. The number of halogens is 2. The highest BCUT2D eigenvalue weighted by Crippen LogP contribution is 2.28. The first-order valence-electron chi connectivity index (χ1n) is 10.5. The minimum atomic E-state index is -1.21. The second-order valence-corrected chi connectivity index (χ2v) is 8.03. The van der Waals surface area contributed by atoms with Crippen molar-refractivity contribution in [3.63, 3.8) is 0 Å². The fourth-order valence-electron chi connectivity index (χ4n) is 3.79. The van der Waals surface area contributed by atoms with Crippen LogP contribution in [0.5, 0.6) is 0 Å². The lowest BCUT2D eigenvalue weighted by Crippen LogP contribution is -2.48. The van der Waals surface area contributed by atoms with Gasteiger partial charge in [-0.25, -0.2) is 18.7 Å². The van der Waals surface area contributed by atoms with E-state index in [1.165, 1.54) is 6.07 Å². The van der Waals surface area contributed by atoms with E-state index >= 15 is 0 Å². The van der Waals surface area contributed by atoms with Gasteiger partial charge in [0.1, 0.15) is 17.2 Å². The maximum atomic E-state index is 14.4. The number of amides is 2. The number of hydrogen-bond acceptors (Lipinski definition) is 5. The summed E-state index contributed by atoms with van der Waals surface area (Å²) in [5, 5.41) is 5.40. The van der Waals surface area contributed by atoms with Crippen LogP contribution in [-0.2, 0) is 23.3 Å². The minimum absolute atomic E-state index is 0.113. The van der Waals surface area contributed by atoms with Gasteiger partial charge in [-0.2, -0.15) is 0 Å². The molecule has 0 aliphatic carbocycles. The highest BCUT2D eigenvalue weighted by Gasteiger charge is 2.31. The first-order valence-corrected chi connectivity index (χ1v) is 10.5. The number of likely N-dealkylation sites (N-methyl/N-ethyl adjacent to an activating group) is 1. The van der Waals surface area contributed by atoms with E-state index < -0.39 is 17.2 Å². The van der Waals surface area contributed by atoms with Gasteiger partial charge >= 0.3 is 0 Å². The fraction of sp³-hybridized carbons (Fsp3) is 0.250. The molecule has 0 radical (unpaired) electrons. The van der Waals surface area contributed by atoms with Gasteiger partial charge in [0, 0.05) is 13.0 Å². The lowest BCUT2D eigenvalue weighted by Gasteiger charge is -2.24. The van der Waals surface area contributed by atoms with Crippen molar-refractivity contribution in [1.82, 2.24) is 20.6 Å². The molecule has 4 rings (SSSR count). The van der Waals surface area contributed by atoms with Gasteiger partial charge in [0.15, 0.2) is 5.82 Å². The smallest absolute Gasteiger partial charge is 0.255 e. The molecule has 170 valence electrons. The van der Waals surface area contributed by atoms with E-state index in [1.54, 1.807) is 31.2 Å². The molecule has 0 spiro atoms. The Kier molecular flexibility index (Phi) is 5.90. The number of rotatable bonds is 6. The monoisotopic (exact) mass is 451 g/mol. The molecular weight excluding hydrogens is 428 g/mol. The van der Waals surface area contributed by atoms with E-state index in [-0.39, 0.29) is 36.2 Å². The van der Waals surface area contributed by atoms with E-state index in [1.807, 2.05) is 6.92 Å². The summed E-state index contributed by atoms with van der Waals surface area (Å²) in [4.78, 5) is 33.3. The maximum Gasteiger partial charge on any atom is 0.255 e. The van der Waals surface area contributed by atoms with Gasteiger partial charge < -0.3 is 16.4 Å². The van der Waals surface area contributed by atoms with Crippen LogP contribution in [-0.4, -0.2) is 28.3 Å². The fourth-order valence-corrected chi connectivity index (χ4v) is 3.79. The second kappa shape index (κ2) is 8.67. The average Bonchev–Trinajstić information content (AvgIpc) is 3.15. The Hall–Kier alpha value is -3.72. The molecule has 1 aliphatic rings. The van der Waals surface area contributed by atoms with Crippen molar-refractivity contribution < 1.29 is 18.4 Å². The van der Waals surface area contributed by atoms with Crippen LogP contribution >= 0.6 is 0 Å². The van der Waals surface area contributed by atoms with Gasteiger partial charge in [0.25, 0.3) is 5.91 Å². The van der Waals surface area contributed by atoms with Gasteiger partial charge in [-0.3, -0.25) is 9.59 Å². The van der Waals surface area contributed by atoms with Crippen LogP contribution in [0.1, 0.15) is 46.7 Å². The lowest BCUT2D eigenvalue weighted by atomic mass is 9.91. The number of hydrogen-bond donors (Lipinski definition) is 3. The van der Waals surface area contributed by atoms with Crippen molar-refractivity contribution in [1.29, 1.82) is 0 Å². The largest absolute Gasteiger partial charge is 0.354 e. The Morgan fingerprint density at radius 2 is 1.79 bits per heavy atom. The van der Waals surface area contributed by atoms with Crippen molar-refractivity contribution in [2.45, 2.75) is 32.4 Å². The predicted molar refractivity (Wildman–Crippen MR) is 118 cm³/mol. The second-order valence-electron chi connectivity index (χ2n) is 8.03. The summed E-state index contributed by atoms with van der Waals surface area (Å²) in [5.41, 5.74) is 7.14. The van der Waals surface area contributed by atoms with Gasteiger partial charge in [0.05, 0.1) is 29.1 Å². The van der Waals surface area contributed by atoms with Crippen LogP contribution in [0.15, 0.2) is 42.5 Å². The van der Waals surface area contributed by atoms with E-state index in [9.17, 15) is 18.4 Å². The molecule has 2 amide bonds. The SMILES string of the molecule is CCNC(=O)C(C)(N)c1ccc(Cc2nc(-c3c(F)cccc3F)nc3c2C(=O)NC3)cc1. The number of nitrogens with two attached hydrogens (primary N) is 1. The number of carbonyl (C=O) groups excluding carboxylic acids is 2. The standard InChI is InChI=1S/C24H23F2N5O2/c1-3-28-23(33)24(2,27)14-9-7-13(8-10-14)11-17-20-18(12-29-22(20)32)31-21(30-17)19-15(25)5-4-6-16(19)26/h4-10H,3,11-12,27H2,1-2H3,(H,28,33)(H,29,32). The van der Waals surface area contributed by atoms with E-state index in [0.717, 1.165) is 17.7 Å². The Balaban J connectivity index is 1.71. The third-order valence-electron chi connectivity index (χ3n) is 5.62. The van der Waals surface area contributed by atoms with Gasteiger partial charge in [-0.1, -0.05) is 30.3 Å². The molecule has 1 unspecified atom stereocenters. The molecule has 0 saturated carbocycles. The van der Waals surface area contributed by atoms with Crippen molar-refractivity contribution in [3.05, 3.63) is 82.2 Å². The zero-order chi connectivity index (χ0) is 23.8. The van der Waals surface area contributed by atoms with E-state index in [2.05, 4.69) is 20.6 Å².